The van der Waals surface area contributed by atoms with E-state index in [1.54, 1.807) is 78.9 Å². The number of nitrogens with one attached hydrogen (secondary N) is 2. The van der Waals surface area contributed by atoms with Crippen LogP contribution in [-0.4, -0.2) is 34.2 Å². The molecule has 0 unspecified atom stereocenters. The van der Waals surface area contributed by atoms with Crippen molar-refractivity contribution in [1.82, 2.24) is 14.5 Å². The first-order chi connectivity index (χ1) is 20.5. The Hall–Kier alpha value is -5.58. The average molecular weight is 567 g/mol. The zero-order chi connectivity index (χ0) is 29.1. The zero-order valence-corrected chi connectivity index (χ0v) is 22.4. The van der Waals surface area contributed by atoms with E-state index in [1.807, 2.05) is 0 Å². The van der Waals surface area contributed by atoms with Gasteiger partial charge < -0.3 is 24.5 Å². The number of para-hydroxylation sites is 1. The van der Waals surface area contributed by atoms with Crippen LogP contribution in [-0.2, 0) is 24.4 Å². The number of fused-ring (bicyclic) bond motifs is 2. The van der Waals surface area contributed by atoms with Gasteiger partial charge in [0.2, 0.25) is 5.91 Å². The molecule has 5 aromatic rings. The normalized spacial score (nSPS) is 12.2. The lowest BCUT2D eigenvalue weighted by molar-refractivity contribution is -0.116. The Morgan fingerprint density at radius 2 is 1.62 bits per heavy atom. The Bertz CT molecular complexity index is 1890. The second-order valence-electron chi connectivity index (χ2n) is 9.64. The van der Waals surface area contributed by atoms with E-state index in [9.17, 15) is 19.2 Å². The number of ether oxygens (including phenoxy) is 2. The van der Waals surface area contributed by atoms with Gasteiger partial charge in [-0.1, -0.05) is 24.3 Å². The van der Waals surface area contributed by atoms with Crippen LogP contribution in [0.25, 0.3) is 10.9 Å². The van der Waals surface area contributed by atoms with E-state index >= 15 is 0 Å². The molecule has 0 saturated heterocycles. The molecule has 1 aliphatic heterocycles. The fraction of sp³-hybridized carbons (Fsp3) is 0.161. The van der Waals surface area contributed by atoms with E-state index in [-0.39, 0.29) is 25.5 Å². The zero-order valence-electron chi connectivity index (χ0n) is 22.4. The van der Waals surface area contributed by atoms with Crippen molar-refractivity contribution in [1.29, 1.82) is 0 Å². The van der Waals surface area contributed by atoms with Gasteiger partial charge in [0.05, 0.1) is 30.3 Å². The van der Waals surface area contributed by atoms with Crippen molar-refractivity contribution in [2.24, 2.45) is 0 Å². The number of benzene rings is 3. The van der Waals surface area contributed by atoms with Gasteiger partial charge in [-0.15, -0.1) is 0 Å². The minimum atomic E-state index is -0.628. The van der Waals surface area contributed by atoms with Crippen molar-refractivity contribution >= 4 is 28.4 Å². The SMILES string of the molecule is O=C(Cn1c(=O)n(Cc2ccc(C(=O)NCc3ccco3)cc2)c(=O)c2ccccc21)Nc1ccc2c(c1)OCCO2. The highest BCUT2D eigenvalue weighted by Gasteiger charge is 2.17. The number of rotatable bonds is 8. The van der Waals surface area contributed by atoms with Crippen molar-refractivity contribution in [3.63, 3.8) is 0 Å². The van der Waals surface area contributed by atoms with Gasteiger partial charge in [-0.05, 0) is 54.1 Å². The average Bonchev–Trinajstić information content (AvgIpc) is 3.54. The van der Waals surface area contributed by atoms with Crippen LogP contribution in [0.15, 0.2) is 99.1 Å². The molecule has 0 atom stereocenters. The van der Waals surface area contributed by atoms with E-state index in [0.29, 0.717) is 58.2 Å². The topological polar surface area (TPSA) is 134 Å². The maximum Gasteiger partial charge on any atom is 0.332 e. The van der Waals surface area contributed by atoms with Gasteiger partial charge in [0.15, 0.2) is 11.5 Å². The predicted octanol–water partition coefficient (Wildman–Crippen LogP) is 3.14. The summed E-state index contributed by atoms with van der Waals surface area (Å²) < 4.78 is 18.7. The molecule has 42 heavy (non-hydrogen) atoms. The van der Waals surface area contributed by atoms with Gasteiger partial charge in [-0.3, -0.25) is 23.5 Å². The summed E-state index contributed by atoms with van der Waals surface area (Å²) in [4.78, 5) is 52.5. The third kappa shape index (κ3) is 5.52. The molecule has 0 aliphatic carbocycles. The van der Waals surface area contributed by atoms with E-state index in [1.165, 1.54) is 10.8 Å². The smallest absolute Gasteiger partial charge is 0.332 e. The number of hydrogen-bond acceptors (Lipinski definition) is 7. The summed E-state index contributed by atoms with van der Waals surface area (Å²) in [6.45, 7) is 0.761. The molecule has 0 saturated carbocycles. The van der Waals surface area contributed by atoms with Crippen LogP contribution in [0.1, 0.15) is 21.7 Å². The quantitative estimate of drug-likeness (QED) is 0.295. The second-order valence-corrected chi connectivity index (χ2v) is 9.64. The number of carbonyl (C=O) groups is 2. The third-order valence-electron chi connectivity index (χ3n) is 6.82. The van der Waals surface area contributed by atoms with Gasteiger partial charge in [0.25, 0.3) is 11.5 Å². The molecule has 0 spiro atoms. The lowest BCUT2D eigenvalue weighted by Crippen LogP contribution is -2.42. The second kappa shape index (κ2) is 11.5. The summed E-state index contributed by atoms with van der Waals surface area (Å²) in [5.41, 5.74) is 0.798. The number of anilines is 1. The highest BCUT2D eigenvalue weighted by Crippen LogP contribution is 2.32. The van der Waals surface area contributed by atoms with Gasteiger partial charge >= 0.3 is 5.69 Å². The van der Waals surface area contributed by atoms with Gasteiger partial charge in [-0.25, -0.2) is 4.79 Å². The maximum atomic E-state index is 13.6. The minimum absolute atomic E-state index is 0.0411. The summed E-state index contributed by atoms with van der Waals surface area (Å²) in [5.74, 6) is 1.01. The molecular formula is C31H26N4O7. The number of hydrogen-bond donors (Lipinski definition) is 2. The standard InChI is InChI=1S/C31H26N4O7/c36-28(33-22-11-12-26-27(16-22)42-15-14-41-26)19-34-25-6-2-1-5-24(25)30(38)35(31(34)39)18-20-7-9-21(10-8-20)29(37)32-17-23-4-3-13-40-23/h1-13,16H,14-15,17-19H2,(H,32,37)(H,33,36). The van der Waals surface area contributed by atoms with E-state index < -0.39 is 17.2 Å². The van der Waals surface area contributed by atoms with Crippen LogP contribution in [0.3, 0.4) is 0 Å². The molecule has 0 radical (unpaired) electrons. The Morgan fingerprint density at radius 3 is 2.40 bits per heavy atom. The highest BCUT2D eigenvalue weighted by atomic mass is 16.6. The molecule has 0 bridgehead atoms. The monoisotopic (exact) mass is 566 g/mol. The van der Waals surface area contributed by atoms with Crippen LogP contribution in [0, 0.1) is 0 Å². The molecule has 1 aliphatic rings. The first kappa shape index (κ1) is 26.6. The lowest BCUT2D eigenvalue weighted by Gasteiger charge is -2.19. The van der Waals surface area contributed by atoms with E-state index in [2.05, 4.69) is 10.6 Å². The molecule has 212 valence electrons. The molecule has 2 amide bonds. The molecule has 11 heteroatoms. The summed E-state index contributed by atoms with van der Waals surface area (Å²) in [7, 11) is 0. The van der Waals surface area contributed by atoms with E-state index in [0.717, 1.165) is 4.57 Å². The minimum Gasteiger partial charge on any atom is -0.486 e. The molecule has 3 aromatic carbocycles. The summed E-state index contributed by atoms with van der Waals surface area (Å²) in [6, 6.07) is 21.8. The molecule has 6 rings (SSSR count). The Balaban J connectivity index is 1.23. The number of carbonyl (C=O) groups excluding carboxylic acids is 2. The number of nitrogens with zero attached hydrogens (tertiary/aromatic N) is 2. The molecule has 0 fully saturated rings. The van der Waals surface area contributed by atoms with Crippen molar-refractivity contribution in [3.05, 3.63) is 123 Å². The molecule has 2 aromatic heterocycles. The van der Waals surface area contributed by atoms with Crippen LogP contribution >= 0.6 is 0 Å². The van der Waals surface area contributed by atoms with Gasteiger partial charge in [0, 0.05) is 17.3 Å². The molecule has 2 N–H and O–H groups in total. The van der Waals surface area contributed by atoms with Crippen LogP contribution in [0.5, 0.6) is 11.5 Å². The maximum absolute atomic E-state index is 13.6. The Labute approximate surface area is 238 Å². The summed E-state index contributed by atoms with van der Waals surface area (Å²) >= 11 is 0. The Morgan fingerprint density at radius 1 is 0.833 bits per heavy atom. The van der Waals surface area contributed by atoms with E-state index in [4.69, 9.17) is 13.9 Å². The van der Waals surface area contributed by atoms with Gasteiger partial charge in [0.1, 0.15) is 25.5 Å². The van der Waals surface area contributed by atoms with Crippen LogP contribution < -0.4 is 31.4 Å². The van der Waals surface area contributed by atoms with Crippen molar-refractivity contribution in [2.75, 3.05) is 18.5 Å². The largest absolute Gasteiger partial charge is 0.486 e. The molecule has 11 nitrogen and oxygen atoms in total. The van der Waals surface area contributed by atoms with Crippen molar-refractivity contribution in [2.45, 2.75) is 19.6 Å². The summed E-state index contributed by atoms with van der Waals surface area (Å²) in [6.07, 6.45) is 1.53. The van der Waals surface area contributed by atoms with Crippen molar-refractivity contribution < 1.29 is 23.5 Å². The first-order valence-electron chi connectivity index (χ1n) is 13.3. The predicted molar refractivity (Wildman–Crippen MR) is 154 cm³/mol. The van der Waals surface area contributed by atoms with Gasteiger partial charge in [-0.2, -0.15) is 0 Å². The Kier molecular flexibility index (Phi) is 7.29. The third-order valence-corrected chi connectivity index (χ3v) is 6.82. The molecular weight excluding hydrogens is 540 g/mol. The fourth-order valence-electron chi connectivity index (χ4n) is 4.76. The highest BCUT2D eigenvalue weighted by molar-refractivity contribution is 5.94. The fourth-order valence-corrected chi connectivity index (χ4v) is 4.76. The van der Waals surface area contributed by atoms with Crippen LogP contribution in [0.4, 0.5) is 5.69 Å². The number of furan rings is 1. The van der Waals surface area contributed by atoms with Crippen LogP contribution in [0.2, 0.25) is 0 Å². The number of amides is 2. The first-order valence-corrected chi connectivity index (χ1v) is 13.3. The summed E-state index contributed by atoms with van der Waals surface area (Å²) in [5, 5.41) is 5.87. The lowest BCUT2D eigenvalue weighted by atomic mass is 10.1. The molecule has 3 heterocycles. The van der Waals surface area contributed by atoms with Crippen molar-refractivity contribution in [3.8, 4) is 11.5 Å². The number of aromatic nitrogens is 2.